The lowest BCUT2D eigenvalue weighted by Gasteiger charge is -2.03. The lowest BCUT2D eigenvalue weighted by molar-refractivity contribution is 0.523. The summed E-state index contributed by atoms with van der Waals surface area (Å²) in [6.07, 6.45) is 40.9. The van der Waals surface area contributed by atoms with Gasteiger partial charge in [-0.3, -0.25) is 0 Å². The number of hydrogen-bond donors (Lipinski definition) is 0. The van der Waals surface area contributed by atoms with E-state index in [-0.39, 0.29) is 0 Å². The van der Waals surface area contributed by atoms with Crippen molar-refractivity contribution in [2.45, 2.75) is 174 Å². The van der Waals surface area contributed by atoms with E-state index in [0.29, 0.717) is 0 Å². The molecule has 0 rings (SSSR count). The summed E-state index contributed by atoms with van der Waals surface area (Å²) in [6, 6.07) is 0. The Bertz CT molecular complexity index is 290. The number of rotatable bonds is 25. The number of allylic oxidation sites excluding steroid dienone is 2. The Balaban J connectivity index is 3.02. The highest BCUT2D eigenvalue weighted by Crippen LogP contribution is 2.15. The predicted molar refractivity (Wildman–Crippen MR) is 136 cm³/mol. The molecule has 0 aromatic rings. The Kier molecular flexibility index (Phi) is 27.5. The molecule has 0 saturated carbocycles. The van der Waals surface area contributed by atoms with Crippen LogP contribution < -0.4 is 0 Å². The zero-order chi connectivity index (χ0) is 21.1. The van der Waals surface area contributed by atoms with E-state index < -0.39 is 0 Å². The Morgan fingerprint density at radius 2 is 0.483 bits per heavy atom. The first-order valence-corrected chi connectivity index (χ1v) is 14.1. The minimum absolute atomic E-state index is 1.30. The normalized spacial score (nSPS) is 11.7. The molecule has 0 unspecified atom stereocenters. The molecule has 0 heterocycles. The van der Waals surface area contributed by atoms with E-state index in [1.807, 2.05) is 0 Å². The van der Waals surface area contributed by atoms with Crippen LogP contribution in [-0.2, 0) is 0 Å². The zero-order valence-electron chi connectivity index (χ0n) is 20.8. The number of unbranched alkanes of at least 4 members (excludes halogenated alkanes) is 23. The van der Waals surface area contributed by atoms with Crippen LogP contribution in [0, 0.1) is 0 Å². The van der Waals surface area contributed by atoms with Crippen LogP contribution >= 0.6 is 0 Å². The second-order valence-corrected chi connectivity index (χ2v) is 9.47. The monoisotopic (exact) mass is 406 g/mol. The molecule has 0 aliphatic carbocycles. The molecule has 0 radical (unpaired) electrons. The molecule has 0 aliphatic heterocycles. The smallest absolute Gasteiger partial charge is 0.0351 e. The molecule has 0 aliphatic rings. The molecular formula is C29H58. The van der Waals surface area contributed by atoms with Gasteiger partial charge in [0.1, 0.15) is 0 Å². The molecule has 29 heavy (non-hydrogen) atoms. The van der Waals surface area contributed by atoms with Gasteiger partial charge in [0.25, 0.3) is 0 Å². The van der Waals surface area contributed by atoms with Gasteiger partial charge in [0.05, 0.1) is 0 Å². The molecule has 0 heteroatoms. The van der Waals surface area contributed by atoms with Gasteiger partial charge in [-0.15, -0.1) is 0 Å². The summed E-state index contributed by atoms with van der Waals surface area (Å²) in [5, 5.41) is 0. The van der Waals surface area contributed by atoms with Crippen LogP contribution in [0.2, 0.25) is 0 Å². The van der Waals surface area contributed by atoms with Gasteiger partial charge in [-0.05, 0) is 25.7 Å². The summed E-state index contributed by atoms with van der Waals surface area (Å²) in [7, 11) is 0. The van der Waals surface area contributed by atoms with Crippen LogP contribution in [0.4, 0.5) is 0 Å². The largest absolute Gasteiger partial charge is 0.0885 e. The Hall–Kier alpha value is -0.260. The molecule has 0 fully saturated rings. The van der Waals surface area contributed by atoms with Gasteiger partial charge < -0.3 is 0 Å². The highest BCUT2D eigenvalue weighted by molar-refractivity contribution is 4.81. The van der Waals surface area contributed by atoms with Crippen LogP contribution in [0.5, 0.6) is 0 Å². The third-order valence-corrected chi connectivity index (χ3v) is 6.37. The summed E-state index contributed by atoms with van der Waals surface area (Å²) >= 11 is 0. The summed E-state index contributed by atoms with van der Waals surface area (Å²) in [4.78, 5) is 0. The van der Waals surface area contributed by atoms with Gasteiger partial charge in [-0.1, -0.05) is 161 Å². The molecule has 0 aromatic heterocycles. The lowest BCUT2D eigenvalue weighted by atomic mass is 10.0. The van der Waals surface area contributed by atoms with Crippen molar-refractivity contribution in [1.82, 2.24) is 0 Å². The van der Waals surface area contributed by atoms with Gasteiger partial charge >= 0.3 is 0 Å². The Morgan fingerprint density at radius 3 is 0.759 bits per heavy atom. The Morgan fingerprint density at radius 1 is 0.276 bits per heavy atom. The van der Waals surface area contributed by atoms with Crippen LogP contribution in [0.15, 0.2) is 12.2 Å². The fourth-order valence-corrected chi connectivity index (χ4v) is 4.27. The molecular weight excluding hydrogens is 348 g/mol. The van der Waals surface area contributed by atoms with E-state index in [1.165, 1.54) is 161 Å². The van der Waals surface area contributed by atoms with Gasteiger partial charge in [-0.25, -0.2) is 0 Å². The molecule has 0 spiro atoms. The van der Waals surface area contributed by atoms with Crippen molar-refractivity contribution in [1.29, 1.82) is 0 Å². The maximum absolute atomic E-state index is 2.43. The van der Waals surface area contributed by atoms with E-state index in [2.05, 4.69) is 26.0 Å². The van der Waals surface area contributed by atoms with E-state index >= 15 is 0 Å². The van der Waals surface area contributed by atoms with E-state index in [4.69, 9.17) is 0 Å². The van der Waals surface area contributed by atoms with Crippen LogP contribution in [0.25, 0.3) is 0 Å². The van der Waals surface area contributed by atoms with Gasteiger partial charge in [0.2, 0.25) is 0 Å². The van der Waals surface area contributed by atoms with Gasteiger partial charge in [-0.2, -0.15) is 0 Å². The quantitative estimate of drug-likeness (QED) is 0.104. The van der Waals surface area contributed by atoms with E-state index in [1.54, 1.807) is 0 Å². The summed E-state index contributed by atoms with van der Waals surface area (Å²) < 4.78 is 0. The summed E-state index contributed by atoms with van der Waals surface area (Å²) in [5.41, 5.74) is 0. The first kappa shape index (κ1) is 28.7. The third kappa shape index (κ3) is 27.7. The van der Waals surface area contributed by atoms with Gasteiger partial charge in [0.15, 0.2) is 0 Å². The van der Waals surface area contributed by atoms with Crippen molar-refractivity contribution in [3.63, 3.8) is 0 Å². The van der Waals surface area contributed by atoms with Crippen molar-refractivity contribution in [3.05, 3.63) is 12.2 Å². The topological polar surface area (TPSA) is 0 Å². The second kappa shape index (κ2) is 27.7. The third-order valence-electron chi connectivity index (χ3n) is 6.37. The van der Waals surface area contributed by atoms with Crippen LogP contribution in [0.1, 0.15) is 174 Å². The highest BCUT2D eigenvalue weighted by Gasteiger charge is 1.95. The van der Waals surface area contributed by atoms with Crippen molar-refractivity contribution >= 4 is 0 Å². The molecule has 0 saturated heterocycles. The molecule has 0 aromatic carbocycles. The first-order valence-electron chi connectivity index (χ1n) is 14.1. The highest BCUT2D eigenvalue weighted by atomic mass is 14.0. The van der Waals surface area contributed by atoms with Crippen LogP contribution in [-0.4, -0.2) is 0 Å². The van der Waals surface area contributed by atoms with Crippen molar-refractivity contribution in [2.24, 2.45) is 0 Å². The minimum Gasteiger partial charge on any atom is -0.0885 e. The average Bonchev–Trinajstić information content (AvgIpc) is 2.74. The van der Waals surface area contributed by atoms with Crippen molar-refractivity contribution in [2.75, 3.05) is 0 Å². The maximum atomic E-state index is 2.43. The molecule has 0 nitrogen and oxygen atoms in total. The maximum Gasteiger partial charge on any atom is -0.0351 e. The fourth-order valence-electron chi connectivity index (χ4n) is 4.27. The molecule has 0 N–H and O–H groups in total. The summed E-state index contributed by atoms with van der Waals surface area (Å²) in [6.45, 7) is 4.59. The minimum atomic E-state index is 1.30. The fraction of sp³-hybridized carbons (Fsp3) is 0.931. The standard InChI is InChI=1S/C29H58/c1-3-5-7-9-11-13-15-17-19-21-23-25-27-29-28-26-24-22-20-18-16-14-12-10-8-6-4-2/h13,15H,3-12,14,16-29H2,1-2H3/b15-13+. The second-order valence-electron chi connectivity index (χ2n) is 9.47. The van der Waals surface area contributed by atoms with Crippen molar-refractivity contribution in [3.8, 4) is 0 Å². The SMILES string of the molecule is CCCCCC/C=C/CCCCCCCCCCCCCCCCCCCCC. The zero-order valence-corrected chi connectivity index (χ0v) is 20.8. The van der Waals surface area contributed by atoms with Crippen molar-refractivity contribution < 1.29 is 0 Å². The Labute approximate surface area is 186 Å². The molecule has 0 atom stereocenters. The molecule has 174 valence electrons. The predicted octanol–water partition coefficient (Wildman–Crippen LogP) is 11.3. The average molecular weight is 407 g/mol. The number of hydrogen-bond acceptors (Lipinski definition) is 0. The first-order chi connectivity index (χ1) is 14.4. The van der Waals surface area contributed by atoms with E-state index in [0.717, 1.165) is 0 Å². The summed E-state index contributed by atoms with van der Waals surface area (Å²) in [5.74, 6) is 0. The van der Waals surface area contributed by atoms with E-state index in [9.17, 15) is 0 Å². The van der Waals surface area contributed by atoms with Crippen LogP contribution in [0.3, 0.4) is 0 Å². The van der Waals surface area contributed by atoms with Gasteiger partial charge in [0, 0.05) is 0 Å². The lowest BCUT2D eigenvalue weighted by Crippen LogP contribution is -1.84. The molecule has 0 bridgehead atoms. The molecule has 0 amide bonds.